The van der Waals surface area contributed by atoms with Gasteiger partial charge in [0.1, 0.15) is 11.3 Å². The molecule has 0 aliphatic heterocycles. The fourth-order valence-electron chi connectivity index (χ4n) is 1.35. The van der Waals surface area contributed by atoms with E-state index in [0.717, 1.165) is 5.22 Å². The minimum atomic E-state index is -1.12. The van der Waals surface area contributed by atoms with Crippen molar-refractivity contribution >= 4 is 18.1 Å². The van der Waals surface area contributed by atoms with Crippen LogP contribution in [0.3, 0.4) is 0 Å². The van der Waals surface area contributed by atoms with Gasteiger partial charge in [-0.2, -0.15) is 0 Å². The highest BCUT2D eigenvalue weighted by Gasteiger charge is 2.09. The maximum Gasteiger partial charge on any atom is 0.339 e. The van der Waals surface area contributed by atoms with Crippen LogP contribution in [0.5, 0.6) is 5.75 Å². The molecule has 0 radical (unpaired) electrons. The number of rotatable bonds is 1. The van der Waals surface area contributed by atoms with Gasteiger partial charge < -0.3 is 10.2 Å². The van der Waals surface area contributed by atoms with Gasteiger partial charge in [-0.25, -0.2) is 4.79 Å². The predicted octanol–water partition coefficient (Wildman–Crippen LogP) is 0.691. The molecule has 74 valence electrons. The first-order valence-electron chi connectivity index (χ1n) is 4.29. The second-order valence-electron chi connectivity index (χ2n) is 2.85. The summed E-state index contributed by atoms with van der Waals surface area (Å²) in [4.78, 5) is 10.7. The first-order chi connectivity index (χ1) is 6.61. The number of benzene rings is 1. The molecule has 0 amide bonds. The highest BCUT2D eigenvalue weighted by Crippen LogP contribution is 2.08. The summed E-state index contributed by atoms with van der Waals surface area (Å²) in [6.45, 7) is 3.59. The fourth-order valence-corrected chi connectivity index (χ4v) is 1.35. The zero-order chi connectivity index (χ0) is 10.7. The second-order valence-corrected chi connectivity index (χ2v) is 2.85. The molecule has 1 aromatic carbocycles. The Morgan fingerprint density at radius 1 is 1.29 bits per heavy atom. The van der Waals surface area contributed by atoms with Gasteiger partial charge in [0.05, 0.1) is 0 Å². The van der Waals surface area contributed by atoms with E-state index in [-0.39, 0.29) is 11.3 Å². The Kier molecular flexibility index (Phi) is 2.92. The molecule has 0 atom stereocenters. The lowest BCUT2D eigenvalue weighted by Crippen LogP contribution is -2.25. The van der Waals surface area contributed by atoms with E-state index in [9.17, 15) is 9.90 Å². The molecule has 0 fully saturated rings. The first kappa shape index (κ1) is 10.3. The van der Waals surface area contributed by atoms with E-state index in [1.807, 2.05) is 13.0 Å². The van der Waals surface area contributed by atoms with Crippen LogP contribution in [0.4, 0.5) is 0 Å². The van der Waals surface area contributed by atoms with Gasteiger partial charge in [-0.3, -0.25) is 0 Å². The summed E-state index contributed by atoms with van der Waals surface area (Å²) in [6.07, 6.45) is 3.51. The molecule has 0 aromatic heterocycles. The molecule has 0 aliphatic rings. The molecule has 3 heteroatoms. The molecule has 0 heterocycles. The molecule has 0 saturated heterocycles. The van der Waals surface area contributed by atoms with E-state index in [4.69, 9.17) is 5.11 Å². The summed E-state index contributed by atoms with van der Waals surface area (Å²) >= 11 is 0. The number of hydrogen-bond donors (Lipinski definition) is 2. The maximum atomic E-state index is 10.7. The summed E-state index contributed by atoms with van der Waals surface area (Å²) in [5, 5.41) is 19.8. The molecule has 3 nitrogen and oxygen atoms in total. The predicted molar refractivity (Wildman–Crippen MR) is 54.6 cm³/mol. The molecule has 1 aromatic rings. The Hall–Kier alpha value is -1.77. The van der Waals surface area contributed by atoms with Crippen LogP contribution >= 0.6 is 0 Å². The van der Waals surface area contributed by atoms with Crippen molar-refractivity contribution in [3.05, 3.63) is 28.1 Å². The number of carboxylic acid groups (broad SMARTS) is 1. The smallest absolute Gasteiger partial charge is 0.339 e. The van der Waals surface area contributed by atoms with Crippen LogP contribution in [0.2, 0.25) is 0 Å². The highest BCUT2D eigenvalue weighted by molar-refractivity contribution is 5.90. The summed E-state index contributed by atoms with van der Waals surface area (Å²) in [5.41, 5.74) is -0.0660. The third kappa shape index (κ3) is 1.62. The van der Waals surface area contributed by atoms with E-state index in [1.165, 1.54) is 6.07 Å². The SMILES string of the molecule is CC=c1ccc(C(=O)O)c(O)c1=CC. The summed E-state index contributed by atoms with van der Waals surface area (Å²) in [6, 6.07) is 3.08. The van der Waals surface area contributed by atoms with Gasteiger partial charge >= 0.3 is 5.97 Å². The fraction of sp³-hybridized carbons (Fsp3) is 0.182. The van der Waals surface area contributed by atoms with Crippen molar-refractivity contribution in [3.8, 4) is 5.75 Å². The minimum absolute atomic E-state index is 0.0660. The van der Waals surface area contributed by atoms with Gasteiger partial charge in [0.25, 0.3) is 0 Å². The normalized spacial score (nSPS) is 13.3. The Morgan fingerprint density at radius 3 is 2.36 bits per heavy atom. The molecule has 14 heavy (non-hydrogen) atoms. The van der Waals surface area contributed by atoms with Crippen LogP contribution in [0, 0.1) is 0 Å². The van der Waals surface area contributed by atoms with Crippen molar-refractivity contribution in [1.82, 2.24) is 0 Å². The van der Waals surface area contributed by atoms with E-state index < -0.39 is 5.97 Å². The molecule has 0 spiro atoms. The van der Waals surface area contributed by atoms with Crippen molar-refractivity contribution in [2.75, 3.05) is 0 Å². The number of carbonyl (C=O) groups is 1. The Bertz CT molecular complexity index is 472. The monoisotopic (exact) mass is 192 g/mol. The zero-order valence-corrected chi connectivity index (χ0v) is 8.11. The van der Waals surface area contributed by atoms with Crippen LogP contribution in [-0.4, -0.2) is 16.2 Å². The lowest BCUT2D eigenvalue weighted by molar-refractivity contribution is 0.0693. The lowest BCUT2D eigenvalue weighted by atomic mass is 10.1. The average molecular weight is 192 g/mol. The Labute approximate surface area is 81.6 Å². The van der Waals surface area contributed by atoms with Gasteiger partial charge in [0.15, 0.2) is 0 Å². The minimum Gasteiger partial charge on any atom is -0.506 e. The Balaban J connectivity index is 3.70. The number of hydrogen-bond acceptors (Lipinski definition) is 2. The molecule has 0 bridgehead atoms. The zero-order valence-electron chi connectivity index (χ0n) is 8.11. The van der Waals surface area contributed by atoms with Crippen molar-refractivity contribution in [2.45, 2.75) is 13.8 Å². The van der Waals surface area contributed by atoms with Gasteiger partial charge in [-0.15, -0.1) is 0 Å². The number of phenols is 1. The molecule has 1 rings (SSSR count). The van der Waals surface area contributed by atoms with Crippen molar-refractivity contribution in [1.29, 1.82) is 0 Å². The van der Waals surface area contributed by atoms with Gasteiger partial charge in [0.2, 0.25) is 0 Å². The molecule has 2 N–H and O–H groups in total. The largest absolute Gasteiger partial charge is 0.506 e. The quantitative estimate of drug-likeness (QED) is 0.688. The first-order valence-corrected chi connectivity index (χ1v) is 4.29. The highest BCUT2D eigenvalue weighted by atomic mass is 16.4. The average Bonchev–Trinajstić information content (AvgIpc) is 2.16. The van der Waals surface area contributed by atoms with Gasteiger partial charge in [-0.1, -0.05) is 18.2 Å². The standard InChI is InChI=1S/C11H12O3/c1-3-7-5-6-9(11(13)14)10(12)8(7)4-2/h3-6,12H,1-2H3,(H,13,14). The number of carboxylic acids is 1. The summed E-state index contributed by atoms with van der Waals surface area (Å²) < 4.78 is 0. The number of aromatic carboxylic acids is 1. The lowest BCUT2D eigenvalue weighted by Gasteiger charge is -2.00. The van der Waals surface area contributed by atoms with Crippen molar-refractivity contribution < 1.29 is 15.0 Å². The maximum absolute atomic E-state index is 10.7. The Morgan fingerprint density at radius 2 is 1.93 bits per heavy atom. The van der Waals surface area contributed by atoms with Crippen LogP contribution in [0.1, 0.15) is 24.2 Å². The molecular weight excluding hydrogens is 180 g/mol. The van der Waals surface area contributed by atoms with E-state index in [1.54, 1.807) is 19.1 Å². The molecule has 0 saturated carbocycles. The van der Waals surface area contributed by atoms with Gasteiger partial charge in [0, 0.05) is 5.22 Å². The van der Waals surface area contributed by atoms with Gasteiger partial charge in [-0.05, 0) is 25.1 Å². The van der Waals surface area contributed by atoms with Crippen molar-refractivity contribution in [2.24, 2.45) is 0 Å². The van der Waals surface area contributed by atoms with Crippen molar-refractivity contribution in [3.63, 3.8) is 0 Å². The summed E-state index contributed by atoms with van der Waals surface area (Å²) in [5.74, 6) is -1.29. The number of aromatic hydroxyl groups is 1. The molecule has 0 unspecified atom stereocenters. The van der Waals surface area contributed by atoms with Crippen LogP contribution in [0.25, 0.3) is 12.2 Å². The topological polar surface area (TPSA) is 57.5 Å². The van der Waals surface area contributed by atoms with Crippen LogP contribution in [-0.2, 0) is 0 Å². The van der Waals surface area contributed by atoms with E-state index in [2.05, 4.69) is 0 Å². The van der Waals surface area contributed by atoms with E-state index >= 15 is 0 Å². The summed E-state index contributed by atoms with van der Waals surface area (Å²) in [7, 11) is 0. The third-order valence-corrected chi connectivity index (χ3v) is 2.08. The second kappa shape index (κ2) is 3.96. The molecular formula is C11H12O3. The molecule has 0 aliphatic carbocycles. The van der Waals surface area contributed by atoms with Crippen LogP contribution < -0.4 is 10.4 Å². The third-order valence-electron chi connectivity index (χ3n) is 2.08. The van der Waals surface area contributed by atoms with E-state index in [0.29, 0.717) is 5.22 Å². The van der Waals surface area contributed by atoms with Crippen LogP contribution in [0.15, 0.2) is 12.1 Å².